The zero-order valence-electron chi connectivity index (χ0n) is 12.0. The Labute approximate surface area is 113 Å². The van der Waals surface area contributed by atoms with Crippen molar-refractivity contribution < 1.29 is 9.53 Å². The second kappa shape index (κ2) is 4.92. The van der Waals surface area contributed by atoms with Crippen LogP contribution in [0, 0.1) is 0 Å². The minimum absolute atomic E-state index is 0.147. The van der Waals surface area contributed by atoms with Gasteiger partial charge in [0.1, 0.15) is 5.82 Å². The van der Waals surface area contributed by atoms with Crippen molar-refractivity contribution in [3.8, 4) is 0 Å². The van der Waals surface area contributed by atoms with Crippen molar-refractivity contribution in [1.29, 1.82) is 0 Å². The van der Waals surface area contributed by atoms with Gasteiger partial charge in [0, 0.05) is 18.6 Å². The normalized spacial score (nSPS) is 23.6. The molecule has 1 aliphatic rings. The van der Waals surface area contributed by atoms with Crippen molar-refractivity contribution in [2.45, 2.75) is 51.6 Å². The number of carbonyl (C=O) groups excluding carboxylic acids is 1. The Kier molecular flexibility index (Phi) is 3.62. The van der Waals surface area contributed by atoms with E-state index in [-0.39, 0.29) is 22.7 Å². The maximum atomic E-state index is 12.0. The third kappa shape index (κ3) is 3.32. The molecule has 0 aromatic carbocycles. The summed E-state index contributed by atoms with van der Waals surface area (Å²) in [5.41, 5.74) is -0.398. The van der Waals surface area contributed by atoms with Gasteiger partial charge in [0.05, 0.1) is 5.60 Å². The van der Waals surface area contributed by atoms with Crippen molar-refractivity contribution in [2.24, 2.45) is 0 Å². The summed E-state index contributed by atoms with van der Waals surface area (Å²) in [6, 6.07) is 0. The number of ether oxygens (including phenoxy) is 1. The fraction of sp³-hybridized carbons (Fsp3) is 0.769. The molecule has 1 amide bonds. The molecule has 1 saturated heterocycles. The first kappa shape index (κ1) is 14.0. The van der Waals surface area contributed by atoms with Crippen molar-refractivity contribution in [3.05, 3.63) is 11.6 Å². The van der Waals surface area contributed by atoms with Gasteiger partial charge in [-0.05, 0) is 19.8 Å². The maximum absolute atomic E-state index is 12.0. The molecule has 2 rings (SSSR count). The van der Waals surface area contributed by atoms with Crippen LogP contribution in [0.25, 0.3) is 0 Å². The lowest BCUT2D eigenvalue weighted by molar-refractivity contribution is 0.0205. The van der Waals surface area contributed by atoms with E-state index in [4.69, 9.17) is 4.74 Å². The molecule has 0 spiro atoms. The van der Waals surface area contributed by atoms with Gasteiger partial charge >= 0.3 is 0 Å². The molecule has 6 heteroatoms. The highest BCUT2D eigenvalue weighted by molar-refractivity contribution is 5.90. The van der Waals surface area contributed by atoms with Gasteiger partial charge in [-0.25, -0.2) is 4.98 Å². The van der Waals surface area contributed by atoms with Gasteiger partial charge < -0.3 is 10.1 Å². The van der Waals surface area contributed by atoms with E-state index in [1.165, 1.54) is 0 Å². The SMILES string of the molecule is CC1(CNC(=O)c2n[nH]c(C(C)(C)C)n2)CCCO1. The van der Waals surface area contributed by atoms with Crippen molar-refractivity contribution in [3.63, 3.8) is 0 Å². The molecule has 0 aliphatic carbocycles. The van der Waals surface area contributed by atoms with Gasteiger partial charge in [0.15, 0.2) is 0 Å². The highest BCUT2D eigenvalue weighted by atomic mass is 16.5. The van der Waals surface area contributed by atoms with Crippen molar-refractivity contribution in [1.82, 2.24) is 20.5 Å². The summed E-state index contributed by atoms with van der Waals surface area (Å²) in [6.07, 6.45) is 2.01. The van der Waals surface area contributed by atoms with Crippen LogP contribution in [0.4, 0.5) is 0 Å². The van der Waals surface area contributed by atoms with E-state index in [1.807, 2.05) is 27.7 Å². The molecule has 19 heavy (non-hydrogen) atoms. The largest absolute Gasteiger partial charge is 0.373 e. The number of amides is 1. The number of hydrogen-bond donors (Lipinski definition) is 2. The molecule has 0 radical (unpaired) electrons. The van der Waals surface area contributed by atoms with E-state index in [1.54, 1.807) is 0 Å². The van der Waals surface area contributed by atoms with Crippen LogP contribution in [-0.4, -0.2) is 39.8 Å². The van der Waals surface area contributed by atoms with Gasteiger partial charge in [0.2, 0.25) is 5.82 Å². The molecule has 2 N–H and O–H groups in total. The lowest BCUT2D eigenvalue weighted by atomic mass is 9.96. The highest BCUT2D eigenvalue weighted by Crippen LogP contribution is 2.24. The number of aromatic amines is 1. The lowest BCUT2D eigenvalue weighted by Crippen LogP contribution is -2.40. The molecule has 1 fully saturated rings. The van der Waals surface area contributed by atoms with E-state index in [2.05, 4.69) is 20.5 Å². The topological polar surface area (TPSA) is 79.9 Å². The zero-order valence-corrected chi connectivity index (χ0v) is 12.0. The Bertz CT molecular complexity index is 455. The molecule has 1 aromatic rings. The number of rotatable bonds is 3. The number of H-pyrrole nitrogens is 1. The summed E-state index contributed by atoms with van der Waals surface area (Å²) in [6.45, 7) is 9.32. The number of nitrogens with one attached hydrogen (secondary N) is 2. The molecule has 1 atom stereocenters. The van der Waals surface area contributed by atoms with E-state index in [0.29, 0.717) is 12.4 Å². The van der Waals surface area contributed by atoms with Crippen LogP contribution < -0.4 is 5.32 Å². The summed E-state index contributed by atoms with van der Waals surface area (Å²) in [5, 5.41) is 9.61. The van der Waals surface area contributed by atoms with Crippen LogP contribution in [0.1, 0.15) is 57.0 Å². The molecule has 2 heterocycles. The first-order valence-electron chi connectivity index (χ1n) is 6.65. The van der Waals surface area contributed by atoms with E-state index < -0.39 is 0 Å². The highest BCUT2D eigenvalue weighted by Gasteiger charge is 2.30. The fourth-order valence-corrected chi connectivity index (χ4v) is 2.02. The van der Waals surface area contributed by atoms with Gasteiger partial charge in [-0.2, -0.15) is 0 Å². The fourth-order valence-electron chi connectivity index (χ4n) is 2.02. The van der Waals surface area contributed by atoms with E-state index in [0.717, 1.165) is 19.4 Å². The predicted octanol–water partition coefficient (Wildman–Crippen LogP) is 1.40. The lowest BCUT2D eigenvalue weighted by Gasteiger charge is -2.22. The van der Waals surface area contributed by atoms with Crippen LogP contribution >= 0.6 is 0 Å². The van der Waals surface area contributed by atoms with Gasteiger partial charge in [-0.3, -0.25) is 9.89 Å². The predicted molar refractivity (Wildman–Crippen MR) is 71.0 cm³/mol. The Hall–Kier alpha value is -1.43. The van der Waals surface area contributed by atoms with E-state index >= 15 is 0 Å². The molecule has 1 aliphatic heterocycles. The molecule has 106 valence electrons. The average molecular weight is 266 g/mol. The Morgan fingerprint density at radius 2 is 2.26 bits per heavy atom. The molecule has 0 bridgehead atoms. The minimum Gasteiger partial charge on any atom is -0.373 e. The van der Waals surface area contributed by atoms with Gasteiger partial charge in [-0.15, -0.1) is 5.10 Å². The summed E-state index contributed by atoms with van der Waals surface area (Å²) in [4.78, 5) is 16.2. The van der Waals surface area contributed by atoms with Crippen LogP contribution in [0.2, 0.25) is 0 Å². The van der Waals surface area contributed by atoms with E-state index in [9.17, 15) is 4.79 Å². The third-order valence-electron chi connectivity index (χ3n) is 3.32. The Morgan fingerprint density at radius 3 is 2.79 bits per heavy atom. The first-order chi connectivity index (χ1) is 8.80. The first-order valence-corrected chi connectivity index (χ1v) is 6.65. The molecular formula is C13H22N4O2. The summed E-state index contributed by atoms with van der Waals surface area (Å²) >= 11 is 0. The second-order valence-corrected chi connectivity index (χ2v) is 6.34. The smallest absolute Gasteiger partial charge is 0.291 e. The molecule has 0 saturated carbocycles. The van der Waals surface area contributed by atoms with Gasteiger partial charge in [-0.1, -0.05) is 20.8 Å². The standard InChI is InChI=1S/C13H22N4O2/c1-12(2,3)11-15-9(16-17-11)10(18)14-8-13(4)6-5-7-19-13/h5-8H2,1-4H3,(H,14,18)(H,15,16,17). The van der Waals surface area contributed by atoms with Crippen LogP contribution in [0.5, 0.6) is 0 Å². The third-order valence-corrected chi connectivity index (χ3v) is 3.32. The van der Waals surface area contributed by atoms with Crippen molar-refractivity contribution in [2.75, 3.05) is 13.2 Å². The zero-order chi connectivity index (χ0) is 14.1. The molecule has 1 unspecified atom stereocenters. The summed E-state index contributed by atoms with van der Waals surface area (Å²) in [5.74, 6) is 0.635. The quantitative estimate of drug-likeness (QED) is 0.866. The second-order valence-electron chi connectivity index (χ2n) is 6.34. The number of hydrogen-bond acceptors (Lipinski definition) is 4. The molecule has 1 aromatic heterocycles. The summed E-state index contributed by atoms with van der Waals surface area (Å²) < 4.78 is 5.62. The van der Waals surface area contributed by atoms with Crippen LogP contribution in [0.3, 0.4) is 0 Å². The summed E-state index contributed by atoms with van der Waals surface area (Å²) in [7, 11) is 0. The maximum Gasteiger partial charge on any atom is 0.291 e. The average Bonchev–Trinajstić information content (AvgIpc) is 2.94. The van der Waals surface area contributed by atoms with Crippen LogP contribution in [0.15, 0.2) is 0 Å². The Balaban J connectivity index is 1.95. The number of aromatic nitrogens is 3. The van der Waals surface area contributed by atoms with Crippen LogP contribution in [-0.2, 0) is 10.2 Å². The number of nitrogens with zero attached hydrogens (tertiary/aromatic N) is 2. The molecular weight excluding hydrogens is 244 g/mol. The molecule has 6 nitrogen and oxygen atoms in total. The van der Waals surface area contributed by atoms with Gasteiger partial charge in [0.25, 0.3) is 5.91 Å². The monoisotopic (exact) mass is 266 g/mol. The minimum atomic E-state index is -0.261. The number of carbonyl (C=O) groups is 1. The Morgan fingerprint density at radius 1 is 1.53 bits per heavy atom. The van der Waals surface area contributed by atoms with Crippen molar-refractivity contribution >= 4 is 5.91 Å².